The number of hydrogen-bond donors (Lipinski definition) is 2. The molecule has 2 aromatic rings. The maximum atomic E-state index is 13.6. The molecule has 0 atom stereocenters. The fourth-order valence-electron chi connectivity index (χ4n) is 1.66. The normalized spacial score (nSPS) is 10.1. The summed E-state index contributed by atoms with van der Waals surface area (Å²) in [5.74, 6) is -2.52. The summed E-state index contributed by atoms with van der Waals surface area (Å²) in [5, 5.41) is 8.96. The maximum Gasteiger partial charge on any atom is 0.358 e. The van der Waals surface area contributed by atoms with E-state index in [1.54, 1.807) is 0 Å². The number of nitrogens with two attached hydrogens (primary N) is 1. The molecular weight excluding hydrogens is 279 g/mol. The zero-order valence-electron chi connectivity index (χ0n) is 10.7. The molecular formula is C14H11FN2O4. The van der Waals surface area contributed by atoms with Gasteiger partial charge in [0.05, 0.1) is 0 Å². The van der Waals surface area contributed by atoms with Gasteiger partial charge >= 0.3 is 5.97 Å². The standard InChI is InChI=1S/C14H11FN2O4/c15-10-4-3-8(13(16)18)6-9(10)7-21-11-2-1-5-17-12(11)14(19)20/h1-6H,7H2,(H2,16,18)(H,19,20). The monoisotopic (exact) mass is 290 g/mol. The van der Waals surface area contributed by atoms with Gasteiger partial charge in [-0.2, -0.15) is 0 Å². The summed E-state index contributed by atoms with van der Waals surface area (Å²) in [6.07, 6.45) is 1.31. The van der Waals surface area contributed by atoms with Gasteiger partial charge in [-0.05, 0) is 30.3 Å². The summed E-state index contributed by atoms with van der Waals surface area (Å²) < 4.78 is 18.9. The van der Waals surface area contributed by atoms with Crippen LogP contribution in [0.3, 0.4) is 0 Å². The highest BCUT2D eigenvalue weighted by Gasteiger charge is 2.14. The number of carboxylic acids is 1. The molecule has 108 valence electrons. The van der Waals surface area contributed by atoms with Crippen molar-refractivity contribution in [3.8, 4) is 5.75 Å². The summed E-state index contributed by atoms with van der Waals surface area (Å²) >= 11 is 0. The van der Waals surface area contributed by atoms with Gasteiger partial charge in [0.2, 0.25) is 5.91 Å². The molecule has 1 aromatic carbocycles. The molecule has 0 aliphatic rings. The number of aromatic nitrogens is 1. The van der Waals surface area contributed by atoms with Crippen LogP contribution >= 0.6 is 0 Å². The van der Waals surface area contributed by atoms with Gasteiger partial charge in [-0.1, -0.05) is 0 Å². The van der Waals surface area contributed by atoms with E-state index in [-0.39, 0.29) is 29.2 Å². The van der Waals surface area contributed by atoms with Crippen molar-refractivity contribution in [2.75, 3.05) is 0 Å². The number of primary amides is 1. The first-order valence-electron chi connectivity index (χ1n) is 5.88. The summed E-state index contributed by atoms with van der Waals surface area (Å²) in [7, 11) is 0. The maximum absolute atomic E-state index is 13.6. The van der Waals surface area contributed by atoms with E-state index < -0.39 is 17.7 Å². The number of carboxylic acid groups (broad SMARTS) is 1. The van der Waals surface area contributed by atoms with Crippen molar-refractivity contribution in [3.63, 3.8) is 0 Å². The quantitative estimate of drug-likeness (QED) is 0.870. The third-order valence-corrected chi connectivity index (χ3v) is 2.69. The number of carbonyl (C=O) groups excluding carboxylic acids is 1. The minimum Gasteiger partial charge on any atom is -0.486 e. The lowest BCUT2D eigenvalue weighted by Crippen LogP contribution is -2.12. The lowest BCUT2D eigenvalue weighted by atomic mass is 10.1. The second-order valence-corrected chi connectivity index (χ2v) is 4.11. The van der Waals surface area contributed by atoms with Gasteiger partial charge in [-0.25, -0.2) is 14.2 Å². The Labute approximate surface area is 119 Å². The third-order valence-electron chi connectivity index (χ3n) is 2.69. The van der Waals surface area contributed by atoms with Crippen LogP contribution in [0.15, 0.2) is 36.5 Å². The number of amides is 1. The molecule has 0 aliphatic heterocycles. The Hall–Kier alpha value is -2.96. The molecule has 7 heteroatoms. The predicted octanol–water partition coefficient (Wildman–Crippen LogP) is 1.60. The van der Waals surface area contributed by atoms with Crippen molar-refractivity contribution in [2.45, 2.75) is 6.61 Å². The molecule has 0 saturated heterocycles. The van der Waals surface area contributed by atoms with Crippen molar-refractivity contribution in [1.29, 1.82) is 0 Å². The van der Waals surface area contributed by atoms with Crippen molar-refractivity contribution in [2.24, 2.45) is 5.73 Å². The Morgan fingerprint density at radius 2 is 2.10 bits per heavy atom. The highest BCUT2D eigenvalue weighted by molar-refractivity contribution is 5.92. The largest absolute Gasteiger partial charge is 0.486 e. The molecule has 1 amide bonds. The molecule has 0 bridgehead atoms. The number of nitrogens with zero attached hydrogens (tertiary/aromatic N) is 1. The molecule has 0 aliphatic carbocycles. The number of ether oxygens (including phenoxy) is 1. The summed E-state index contributed by atoms with van der Waals surface area (Å²) in [4.78, 5) is 25.7. The Morgan fingerprint density at radius 3 is 2.76 bits per heavy atom. The van der Waals surface area contributed by atoms with Crippen LogP contribution in [0.1, 0.15) is 26.4 Å². The number of hydrogen-bond acceptors (Lipinski definition) is 4. The molecule has 1 aromatic heterocycles. The Morgan fingerprint density at radius 1 is 1.33 bits per heavy atom. The van der Waals surface area contributed by atoms with E-state index >= 15 is 0 Å². The topological polar surface area (TPSA) is 103 Å². The molecule has 1 heterocycles. The first-order valence-corrected chi connectivity index (χ1v) is 5.88. The summed E-state index contributed by atoms with van der Waals surface area (Å²) in [6.45, 7) is -0.251. The molecule has 3 N–H and O–H groups in total. The van der Waals surface area contributed by atoms with E-state index in [2.05, 4.69) is 4.98 Å². The highest BCUT2D eigenvalue weighted by atomic mass is 19.1. The minimum absolute atomic E-state index is 0.00822. The third kappa shape index (κ3) is 3.33. The van der Waals surface area contributed by atoms with Crippen LogP contribution in [0.2, 0.25) is 0 Å². The van der Waals surface area contributed by atoms with Gasteiger partial charge < -0.3 is 15.6 Å². The van der Waals surface area contributed by atoms with Crippen LogP contribution in [0.4, 0.5) is 4.39 Å². The second kappa shape index (κ2) is 6.00. The number of pyridine rings is 1. The number of rotatable bonds is 5. The van der Waals surface area contributed by atoms with Crippen LogP contribution in [0, 0.1) is 5.82 Å². The number of halogens is 1. The highest BCUT2D eigenvalue weighted by Crippen LogP contribution is 2.18. The van der Waals surface area contributed by atoms with Crippen LogP contribution in [-0.4, -0.2) is 22.0 Å². The smallest absolute Gasteiger partial charge is 0.358 e. The van der Waals surface area contributed by atoms with Crippen molar-refractivity contribution >= 4 is 11.9 Å². The van der Waals surface area contributed by atoms with Crippen LogP contribution in [0.5, 0.6) is 5.75 Å². The Kier molecular flexibility index (Phi) is 4.13. The molecule has 0 saturated carbocycles. The first-order chi connectivity index (χ1) is 9.99. The van der Waals surface area contributed by atoms with Crippen molar-refractivity contribution in [1.82, 2.24) is 4.98 Å². The number of carbonyl (C=O) groups is 2. The van der Waals surface area contributed by atoms with Gasteiger partial charge in [0.25, 0.3) is 0 Å². The van der Waals surface area contributed by atoms with Crippen LogP contribution in [-0.2, 0) is 6.61 Å². The fourth-order valence-corrected chi connectivity index (χ4v) is 1.66. The molecule has 2 rings (SSSR count). The van der Waals surface area contributed by atoms with Gasteiger partial charge in [0.15, 0.2) is 11.4 Å². The average molecular weight is 290 g/mol. The van der Waals surface area contributed by atoms with Gasteiger partial charge in [0, 0.05) is 17.3 Å². The first kappa shape index (κ1) is 14.4. The van der Waals surface area contributed by atoms with E-state index in [1.807, 2.05) is 0 Å². The van der Waals surface area contributed by atoms with Crippen LogP contribution in [0.25, 0.3) is 0 Å². The SMILES string of the molecule is NC(=O)c1ccc(F)c(COc2cccnc2C(=O)O)c1. The molecule has 21 heavy (non-hydrogen) atoms. The average Bonchev–Trinajstić information content (AvgIpc) is 2.46. The van der Waals surface area contributed by atoms with E-state index in [9.17, 15) is 14.0 Å². The summed E-state index contributed by atoms with van der Waals surface area (Å²) in [5.41, 5.74) is 5.07. The van der Waals surface area contributed by atoms with E-state index in [4.69, 9.17) is 15.6 Å². The van der Waals surface area contributed by atoms with Crippen molar-refractivity contribution < 1.29 is 23.8 Å². The summed E-state index contributed by atoms with van der Waals surface area (Å²) in [6, 6.07) is 6.52. The molecule has 0 spiro atoms. The lowest BCUT2D eigenvalue weighted by Gasteiger charge is -2.09. The number of aromatic carboxylic acids is 1. The van der Waals surface area contributed by atoms with Gasteiger partial charge in [0.1, 0.15) is 12.4 Å². The molecule has 0 unspecified atom stereocenters. The predicted molar refractivity (Wildman–Crippen MR) is 70.4 cm³/mol. The Bertz CT molecular complexity index is 703. The zero-order chi connectivity index (χ0) is 15.4. The Balaban J connectivity index is 2.22. The lowest BCUT2D eigenvalue weighted by molar-refractivity contribution is 0.0684. The van der Waals surface area contributed by atoms with E-state index in [0.29, 0.717) is 0 Å². The van der Waals surface area contributed by atoms with Gasteiger partial charge in [-0.3, -0.25) is 4.79 Å². The van der Waals surface area contributed by atoms with Crippen molar-refractivity contribution in [3.05, 3.63) is 59.2 Å². The second-order valence-electron chi connectivity index (χ2n) is 4.11. The number of benzene rings is 1. The molecule has 0 radical (unpaired) electrons. The molecule has 6 nitrogen and oxygen atoms in total. The zero-order valence-corrected chi connectivity index (χ0v) is 10.7. The van der Waals surface area contributed by atoms with Crippen LogP contribution < -0.4 is 10.5 Å². The fraction of sp³-hybridized carbons (Fsp3) is 0.0714. The molecule has 0 fully saturated rings. The minimum atomic E-state index is -1.25. The van der Waals surface area contributed by atoms with E-state index in [0.717, 1.165) is 6.07 Å². The van der Waals surface area contributed by atoms with Gasteiger partial charge in [-0.15, -0.1) is 0 Å². The van der Waals surface area contributed by atoms with E-state index in [1.165, 1.54) is 30.5 Å².